The summed E-state index contributed by atoms with van der Waals surface area (Å²) in [6, 6.07) is 0.336. The highest BCUT2D eigenvalue weighted by Gasteiger charge is 2.16. The summed E-state index contributed by atoms with van der Waals surface area (Å²) >= 11 is 0. The zero-order valence-electron chi connectivity index (χ0n) is 16.6. The minimum atomic E-state index is 0. The van der Waals surface area contributed by atoms with Gasteiger partial charge in [0.25, 0.3) is 0 Å². The first-order valence-corrected chi connectivity index (χ1v) is 10.3. The molecule has 2 fully saturated rings. The summed E-state index contributed by atoms with van der Waals surface area (Å²) in [5.41, 5.74) is 0. The molecule has 3 N–H and O–H groups in total. The van der Waals surface area contributed by atoms with E-state index in [1.807, 2.05) is 6.92 Å². The molecule has 27 heavy (non-hydrogen) atoms. The molecule has 0 aromatic rings. The van der Waals surface area contributed by atoms with Crippen molar-refractivity contribution in [2.75, 3.05) is 39.5 Å². The average molecular weight is 496 g/mol. The Morgan fingerprint density at radius 1 is 1.15 bits per heavy atom. The van der Waals surface area contributed by atoms with E-state index in [0.717, 1.165) is 51.8 Å². The summed E-state index contributed by atoms with van der Waals surface area (Å²) in [6.07, 6.45) is 9.34. The minimum absolute atomic E-state index is 0. The number of carbonyl (C=O) groups excluding carboxylic acids is 1. The lowest BCUT2D eigenvalue weighted by Crippen LogP contribution is -2.41. The molecule has 1 saturated carbocycles. The van der Waals surface area contributed by atoms with Gasteiger partial charge in [-0.2, -0.15) is 0 Å². The van der Waals surface area contributed by atoms with Crippen molar-refractivity contribution >= 4 is 35.8 Å². The maximum atomic E-state index is 12.1. The molecule has 1 unspecified atom stereocenters. The predicted molar refractivity (Wildman–Crippen MR) is 119 cm³/mol. The molecule has 7 nitrogen and oxygen atoms in total. The van der Waals surface area contributed by atoms with Crippen molar-refractivity contribution < 1.29 is 14.3 Å². The van der Waals surface area contributed by atoms with Crippen LogP contribution in [0.3, 0.4) is 0 Å². The first kappa shape index (κ1) is 24.4. The summed E-state index contributed by atoms with van der Waals surface area (Å²) in [6.45, 7) is 5.98. The Morgan fingerprint density at radius 2 is 1.96 bits per heavy atom. The molecule has 8 heteroatoms. The van der Waals surface area contributed by atoms with Crippen molar-refractivity contribution in [2.45, 2.75) is 70.4 Å². The molecule has 158 valence electrons. The number of hydrogen-bond donors (Lipinski definition) is 3. The first-order valence-electron chi connectivity index (χ1n) is 10.3. The van der Waals surface area contributed by atoms with E-state index in [1.165, 1.54) is 19.3 Å². The molecule has 2 rings (SSSR count). The van der Waals surface area contributed by atoms with Crippen LogP contribution in [0.4, 0.5) is 0 Å². The van der Waals surface area contributed by atoms with Gasteiger partial charge in [0, 0.05) is 32.3 Å². The highest BCUT2D eigenvalue weighted by atomic mass is 127. The Labute approximate surface area is 180 Å². The Balaban J connectivity index is 0.00000364. The number of carbonyl (C=O) groups is 1. The first-order chi connectivity index (χ1) is 12.8. The largest absolute Gasteiger partial charge is 0.379 e. The maximum Gasteiger partial charge on any atom is 0.242 e. The van der Waals surface area contributed by atoms with Crippen LogP contribution in [0.2, 0.25) is 0 Å². The molecule has 1 aliphatic carbocycles. The second-order valence-electron chi connectivity index (χ2n) is 7.09. The molecule has 2 aliphatic rings. The van der Waals surface area contributed by atoms with Crippen molar-refractivity contribution in [3.63, 3.8) is 0 Å². The van der Waals surface area contributed by atoms with Crippen molar-refractivity contribution in [3.8, 4) is 0 Å². The van der Waals surface area contributed by atoms with Crippen LogP contribution in [-0.2, 0) is 14.3 Å². The number of halogens is 1. The average Bonchev–Trinajstić information content (AvgIpc) is 3.16. The zero-order valence-corrected chi connectivity index (χ0v) is 19.0. The van der Waals surface area contributed by atoms with Crippen molar-refractivity contribution in [1.82, 2.24) is 16.0 Å². The fourth-order valence-corrected chi connectivity index (χ4v) is 3.38. The van der Waals surface area contributed by atoms with E-state index in [1.54, 1.807) is 0 Å². The van der Waals surface area contributed by atoms with Crippen molar-refractivity contribution in [2.24, 2.45) is 4.99 Å². The lowest BCUT2D eigenvalue weighted by Gasteiger charge is -2.22. The Hall–Kier alpha value is -0.610. The van der Waals surface area contributed by atoms with Crippen molar-refractivity contribution in [1.29, 1.82) is 0 Å². The molecule has 0 aromatic carbocycles. The SMILES string of the molecule is CCNC(=NCC(=O)NC1CCCCC1)NCCCOCC1CCCO1.I. The van der Waals surface area contributed by atoms with Gasteiger partial charge in [0.2, 0.25) is 5.91 Å². The van der Waals surface area contributed by atoms with Gasteiger partial charge in [-0.3, -0.25) is 4.79 Å². The van der Waals surface area contributed by atoms with Gasteiger partial charge in [-0.05, 0) is 39.0 Å². The van der Waals surface area contributed by atoms with Gasteiger partial charge in [0.05, 0.1) is 12.7 Å². The molecule has 1 saturated heterocycles. The van der Waals surface area contributed by atoms with E-state index < -0.39 is 0 Å². The molecule has 1 heterocycles. The number of nitrogens with zero attached hydrogens (tertiary/aromatic N) is 1. The molecule has 0 radical (unpaired) electrons. The topological polar surface area (TPSA) is 84.0 Å². The number of ether oxygens (including phenoxy) is 2. The maximum absolute atomic E-state index is 12.1. The third-order valence-corrected chi connectivity index (χ3v) is 4.78. The highest BCUT2D eigenvalue weighted by molar-refractivity contribution is 14.0. The highest BCUT2D eigenvalue weighted by Crippen LogP contribution is 2.17. The fraction of sp³-hybridized carbons (Fsp3) is 0.895. The second-order valence-corrected chi connectivity index (χ2v) is 7.09. The predicted octanol–water partition coefficient (Wildman–Crippen LogP) is 2.19. The van der Waals surface area contributed by atoms with E-state index >= 15 is 0 Å². The van der Waals surface area contributed by atoms with E-state index in [0.29, 0.717) is 25.2 Å². The quantitative estimate of drug-likeness (QED) is 0.187. The van der Waals surface area contributed by atoms with Crippen LogP contribution in [0.15, 0.2) is 4.99 Å². The van der Waals surface area contributed by atoms with E-state index in [9.17, 15) is 4.79 Å². The van der Waals surface area contributed by atoms with Gasteiger partial charge < -0.3 is 25.4 Å². The summed E-state index contributed by atoms with van der Waals surface area (Å²) in [5, 5.41) is 9.52. The minimum Gasteiger partial charge on any atom is -0.379 e. The van der Waals surface area contributed by atoms with E-state index in [2.05, 4.69) is 20.9 Å². The Morgan fingerprint density at radius 3 is 2.67 bits per heavy atom. The number of amides is 1. The molecule has 1 amide bonds. The lowest BCUT2D eigenvalue weighted by molar-refractivity contribution is -0.120. The Bertz CT molecular complexity index is 425. The monoisotopic (exact) mass is 496 g/mol. The van der Waals surface area contributed by atoms with Crippen LogP contribution in [0.5, 0.6) is 0 Å². The van der Waals surface area contributed by atoms with Crippen LogP contribution >= 0.6 is 24.0 Å². The van der Waals surface area contributed by atoms with E-state index in [4.69, 9.17) is 9.47 Å². The molecular formula is C19H37IN4O3. The van der Waals surface area contributed by atoms with Gasteiger partial charge in [0.15, 0.2) is 5.96 Å². The standard InChI is InChI=1S/C19H36N4O3.HI/c1-2-20-19(21-11-7-12-25-15-17-10-6-13-26-17)22-14-18(24)23-16-8-4-3-5-9-16;/h16-17H,2-15H2,1H3,(H,23,24)(H2,20,21,22);1H. The molecule has 0 spiro atoms. The second kappa shape index (κ2) is 15.3. The van der Waals surface area contributed by atoms with Gasteiger partial charge in [-0.25, -0.2) is 4.99 Å². The molecule has 0 aromatic heterocycles. The van der Waals surface area contributed by atoms with Gasteiger partial charge in [-0.1, -0.05) is 19.3 Å². The summed E-state index contributed by atoms with van der Waals surface area (Å²) in [4.78, 5) is 16.4. The lowest BCUT2D eigenvalue weighted by atomic mass is 9.95. The van der Waals surface area contributed by atoms with Crippen LogP contribution in [-0.4, -0.2) is 63.5 Å². The van der Waals surface area contributed by atoms with Crippen LogP contribution in [0, 0.1) is 0 Å². The Kier molecular flexibility index (Phi) is 13.9. The van der Waals surface area contributed by atoms with E-state index in [-0.39, 0.29) is 42.5 Å². The summed E-state index contributed by atoms with van der Waals surface area (Å²) in [7, 11) is 0. The van der Waals surface area contributed by atoms with Gasteiger partial charge in [0.1, 0.15) is 6.54 Å². The van der Waals surface area contributed by atoms with Crippen molar-refractivity contribution in [3.05, 3.63) is 0 Å². The number of aliphatic imine (C=N–C) groups is 1. The molecular weight excluding hydrogens is 459 g/mol. The number of nitrogens with one attached hydrogen (secondary N) is 3. The van der Waals surface area contributed by atoms with Crippen LogP contribution < -0.4 is 16.0 Å². The smallest absolute Gasteiger partial charge is 0.242 e. The molecule has 0 bridgehead atoms. The number of hydrogen-bond acceptors (Lipinski definition) is 4. The third kappa shape index (κ3) is 11.1. The van der Waals surface area contributed by atoms with Crippen LogP contribution in [0.25, 0.3) is 0 Å². The van der Waals surface area contributed by atoms with Gasteiger partial charge in [-0.15, -0.1) is 24.0 Å². The van der Waals surface area contributed by atoms with Crippen LogP contribution in [0.1, 0.15) is 58.3 Å². The number of rotatable bonds is 10. The third-order valence-electron chi connectivity index (χ3n) is 4.78. The molecule has 1 atom stereocenters. The van der Waals surface area contributed by atoms with Gasteiger partial charge >= 0.3 is 0 Å². The molecule has 1 aliphatic heterocycles. The normalized spacial score (nSPS) is 20.8. The summed E-state index contributed by atoms with van der Waals surface area (Å²) < 4.78 is 11.2. The fourth-order valence-electron chi connectivity index (χ4n) is 3.38. The zero-order chi connectivity index (χ0) is 18.5. The number of guanidine groups is 1. The summed E-state index contributed by atoms with van der Waals surface area (Å²) in [5.74, 6) is 0.694.